The summed E-state index contributed by atoms with van der Waals surface area (Å²) in [4.78, 5) is 23.8. The van der Waals surface area contributed by atoms with Crippen molar-refractivity contribution in [1.29, 1.82) is 0 Å². The molecule has 1 amide bonds. The predicted molar refractivity (Wildman–Crippen MR) is 98.0 cm³/mol. The number of carbonyl (C=O) groups excluding carboxylic acids is 1. The van der Waals surface area contributed by atoms with Crippen molar-refractivity contribution in [2.75, 3.05) is 5.32 Å². The highest BCUT2D eigenvalue weighted by Gasteiger charge is 2.17. The number of carboxylic acids is 1. The molecule has 0 atom stereocenters. The molecule has 23 heavy (non-hydrogen) atoms. The quantitative estimate of drug-likeness (QED) is 0.622. The number of amides is 1. The number of hydrogen-bond acceptors (Lipinski definition) is 2. The number of carbonyl (C=O) groups is 2. The van der Waals surface area contributed by atoms with Gasteiger partial charge in [0.2, 0.25) is 0 Å². The molecule has 0 saturated heterocycles. The third-order valence-corrected chi connectivity index (χ3v) is 4.42. The van der Waals surface area contributed by atoms with E-state index in [0.29, 0.717) is 5.69 Å². The molecule has 0 heterocycles. The van der Waals surface area contributed by atoms with E-state index in [4.69, 9.17) is 0 Å². The van der Waals surface area contributed by atoms with Gasteiger partial charge in [-0.05, 0) is 46.2 Å². The van der Waals surface area contributed by atoms with Crippen molar-refractivity contribution >= 4 is 50.9 Å². The Kier molecular flexibility index (Phi) is 4.29. The fourth-order valence-corrected chi connectivity index (χ4v) is 3.03. The first-order chi connectivity index (χ1) is 11.1. The van der Waals surface area contributed by atoms with Crippen LogP contribution in [0.2, 0.25) is 0 Å². The smallest absolute Gasteiger partial charge is 0.336 e. The van der Waals surface area contributed by atoms with Gasteiger partial charge in [-0.3, -0.25) is 4.79 Å². The minimum atomic E-state index is -1.12. The average molecular weight is 417 g/mol. The molecule has 0 aliphatic carbocycles. The lowest BCUT2D eigenvalue weighted by Crippen LogP contribution is -2.17. The maximum Gasteiger partial charge on any atom is 0.336 e. The lowest BCUT2D eigenvalue weighted by molar-refractivity contribution is 0.0692. The van der Waals surface area contributed by atoms with E-state index in [-0.39, 0.29) is 11.1 Å². The highest BCUT2D eigenvalue weighted by atomic mass is 127. The first kappa shape index (κ1) is 15.5. The monoisotopic (exact) mass is 417 g/mol. The van der Waals surface area contributed by atoms with E-state index in [1.165, 1.54) is 12.1 Å². The van der Waals surface area contributed by atoms with E-state index >= 15 is 0 Å². The molecule has 0 saturated carbocycles. The summed E-state index contributed by atoms with van der Waals surface area (Å²) in [5.41, 5.74) is 0.817. The Hall–Kier alpha value is -2.41. The normalized spacial score (nSPS) is 10.5. The van der Waals surface area contributed by atoms with Crippen LogP contribution < -0.4 is 5.32 Å². The molecule has 0 bridgehead atoms. The molecule has 2 N–H and O–H groups in total. The molecule has 0 radical (unpaired) electrons. The van der Waals surface area contributed by atoms with E-state index in [1.54, 1.807) is 12.1 Å². The Morgan fingerprint density at radius 2 is 1.52 bits per heavy atom. The maximum atomic E-state index is 12.6. The Bertz CT molecular complexity index is 921. The average Bonchev–Trinajstić information content (AvgIpc) is 2.57. The van der Waals surface area contributed by atoms with Gasteiger partial charge in [-0.2, -0.15) is 0 Å². The number of nitrogens with one attached hydrogen (secondary N) is 1. The first-order valence-corrected chi connectivity index (χ1v) is 7.96. The van der Waals surface area contributed by atoms with Gasteiger partial charge in [-0.15, -0.1) is 0 Å². The van der Waals surface area contributed by atoms with Crippen LogP contribution in [0, 0.1) is 3.57 Å². The number of hydrogen-bond donors (Lipinski definition) is 2. The van der Waals surface area contributed by atoms with Crippen LogP contribution in [0.15, 0.2) is 60.7 Å². The second-order valence-corrected chi connectivity index (χ2v) is 6.11. The number of aromatic carboxylic acids is 1. The van der Waals surface area contributed by atoms with Crippen LogP contribution in [0.3, 0.4) is 0 Å². The van der Waals surface area contributed by atoms with Gasteiger partial charge in [0.1, 0.15) is 0 Å². The summed E-state index contributed by atoms with van der Waals surface area (Å²) in [6, 6.07) is 17.8. The van der Waals surface area contributed by atoms with E-state index in [1.807, 2.05) is 36.4 Å². The lowest BCUT2D eigenvalue weighted by Gasteiger charge is -2.12. The van der Waals surface area contributed by atoms with Crippen molar-refractivity contribution in [3.05, 3.63) is 75.4 Å². The van der Waals surface area contributed by atoms with Crippen molar-refractivity contribution in [2.45, 2.75) is 0 Å². The van der Waals surface area contributed by atoms with Crippen molar-refractivity contribution < 1.29 is 14.7 Å². The van der Waals surface area contributed by atoms with E-state index < -0.39 is 11.9 Å². The maximum absolute atomic E-state index is 12.6. The highest BCUT2D eigenvalue weighted by molar-refractivity contribution is 14.1. The van der Waals surface area contributed by atoms with E-state index in [9.17, 15) is 14.7 Å². The largest absolute Gasteiger partial charge is 0.478 e. The van der Waals surface area contributed by atoms with Crippen LogP contribution >= 0.6 is 22.6 Å². The third-order valence-electron chi connectivity index (χ3n) is 3.52. The summed E-state index contributed by atoms with van der Waals surface area (Å²) in [7, 11) is 0. The van der Waals surface area contributed by atoms with E-state index in [0.717, 1.165) is 14.3 Å². The second-order valence-electron chi connectivity index (χ2n) is 4.95. The molecule has 3 aromatic carbocycles. The van der Waals surface area contributed by atoms with Crippen molar-refractivity contribution in [2.24, 2.45) is 0 Å². The molecule has 0 aliphatic heterocycles. The molecule has 3 aromatic rings. The van der Waals surface area contributed by atoms with Crippen LogP contribution in [0.1, 0.15) is 20.7 Å². The fourth-order valence-electron chi connectivity index (χ4n) is 2.42. The zero-order chi connectivity index (χ0) is 16.4. The minimum absolute atomic E-state index is 0.0137. The predicted octanol–water partition coefficient (Wildman–Crippen LogP) is 4.39. The van der Waals surface area contributed by atoms with Gasteiger partial charge in [0.05, 0.1) is 16.8 Å². The van der Waals surface area contributed by atoms with Gasteiger partial charge in [-0.1, -0.05) is 42.5 Å². The van der Waals surface area contributed by atoms with Gasteiger partial charge in [0.15, 0.2) is 0 Å². The van der Waals surface area contributed by atoms with Crippen LogP contribution in [-0.4, -0.2) is 17.0 Å². The van der Waals surface area contributed by atoms with Gasteiger partial charge >= 0.3 is 5.97 Å². The molecule has 0 unspecified atom stereocenters. The summed E-state index contributed by atoms with van der Waals surface area (Å²) in [6.07, 6.45) is 0. The Morgan fingerprint density at radius 3 is 2.26 bits per heavy atom. The molecule has 0 aromatic heterocycles. The lowest BCUT2D eigenvalue weighted by atomic mass is 10.1. The van der Waals surface area contributed by atoms with Crippen LogP contribution in [0.4, 0.5) is 5.69 Å². The van der Waals surface area contributed by atoms with Crippen LogP contribution in [0.5, 0.6) is 0 Å². The topological polar surface area (TPSA) is 66.4 Å². The molecule has 114 valence electrons. The molecular formula is C18H12INO3. The summed E-state index contributed by atoms with van der Waals surface area (Å²) in [6.45, 7) is 0. The highest BCUT2D eigenvalue weighted by Crippen LogP contribution is 2.29. The fraction of sp³-hybridized carbons (Fsp3) is 0. The summed E-state index contributed by atoms with van der Waals surface area (Å²) >= 11 is 2.15. The molecule has 0 aliphatic rings. The SMILES string of the molecule is O=C(O)c1ccccc1C(=O)Nc1c(I)ccc2ccccc12. The number of halogens is 1. The summed E-state index contributed by atoms with van der Waals surface area (Å²) < 4.78 is 0.891. The third kappa shape index (κ3) is 3.05. The van der Waals surface area contributed by atoms with Gasteiger partial charge in [0.25, 0.3) is 5.91 Å². The number of rotatable bonds is 3. The first-order valence-electron chi connectivity index (χ1n) is 6.89. The van der Waals surface area contributed by atoms with Gasteiger partial charge in [0, 0.05) is 8.96 Å². The summed E-state index contributed by atoms with van der Waals surface area (Å²) in [5, 5.41) is 14.0. The van der Waals surface area contributed by atoms with Gasteiger partial charge < -0.3 is 10.4 Å². The number of anilines is 1. The Morgan fingerprint density at radius 1 is 0.870 bits per heavy atom. The van der Waals surface area contributed by atoms with Crippen LogP contribution in [-0.2, 0) is 0 Å². The minimum Gasteiger partial charge on any atom is -0.478 e. The molecule has 5 heteroatoms. The standard InChI is InChI=1S/C18H12INO3/c19-15-10-9-11-5-1-2-6-12(11)16(15)20-17(21)13-7-3-4-8-14(13)18(22)23/h1-10H,(H,20,21)(H,22,23). The molecule has 0 spiro atoms. The van der Waals surface area contributed by atoms with E-state index in [2.05, 4.69) is 27.9 Å². The Labute approximate surface area is 146 Å². The number of carboxylic acid groups (broad SMARTS) is 1. The molecule has 3 rings (SSSR count). The van der Waals surface area contributed by atoms with Crippen molar-refractivity contribution in [3.63, 3.8) is 0 Å². The van der Waals surface area contributed by atoms with Crippen LogP contribution in [0.25, 0.3) is 10.8 Å². The number of fused-ring (bicyclic) bond motifs is 1. The van der Waals surface area contributed by atoms with Gasteiger partial charge in [-0.25, -0.2) is 4.79 Å². The zero-order valence-corrected chi connectivity index (χ0v) is 14.1. The zero-order valence-electron chi connectivity index (χ0n) is 11.9. The molecular weight excluding hydrogens is 405 g/mol. The number of benzene rings is 3. The van der Waals surface area contributed by atoms with Crippen molar-refractivity contribution in [3.8, 4) is 0 Å². The summed E-state index contributed by atoms with van der Waals surface area (Å²) in [5.74, 6) is -1.55. The second kappa shape index (κ2) is 6.37. The molecule has 0 fully saturated rings. The van der Waals surface area contributed by atoms with Crippen molar-refractivity contribution in [1.82, 2.24) is 0 Å². The molecule has 4 nitrogen and oxygen atoms in total. The Balaban J connectivity index is 2.05.